The lowest BCUT2D eigenvalue weighted by Gasteiger charge is -2.39. The maximum atomic E-state index is 10.8. The van der Waals surface area contributed by atoms with Crippen molar-refractivity contribution in [1.82, 2.24) is 0 Å². The Morgan fingerprint density at radius 3 is 1.03 bits per heavy atom. The molecule has 0 aliphatic heterocycles. The van der Waals surface area contributed by atoms with Crippen molar-refractivity contribution in [3.63, 3.8) is 0 Å². The summed E-state index contributed by atoms with van der Waals surface area (Å²) in [5.74, 6) is 0. The molecule has 0 aliphatic carbocycles. The van der Waals surface area contributed by atoms with Crippen LogP contribution in [0, 0.1) is 0 Å². The van der Waals surface area contributed by atoms with Crippen molar-refractivity contribution in [1.29, 1.82) is 0 Å². The zero-order valence-electron chi connectivity index (χ0n) is 22.2. The zero-order valence-corrected chi connectivity index (χ0v) is 24.2. The van der Waals surface area contributed by atoms with E-state index in [0.29, 0.717) is 0 Å². The first-order valence-electron chi connectivity index (χ1n) is 13.7. The molecule has 0 rings (SSSR count). The Kier molecular flexibility index (Phi) is 18.9. The van der Waals surface area contributed by atoms with Crippen LogP contribution in [0.1, 0.15) is 129 Å². The average Bonchev–Trinajstić information content (AvgIpc) is 2.70. The van der Waals surface area contributed by atoms with Crippen LogP contribution < -0.4 is 0 Å². The summed E-state index contributed by atoms with van der Waals surface area (Å²) in [5, 5.41) is 21.6. The molecule has 5 heteroatoms. The van der Waals surface area contributed by atoms with E-state index in [1.165, 1.54) is 89.9 Å². The van der Waals surface area contributed by atoms with Crippen LogP contribution in [0.15, 0.2) is 0 Å². The first kappa shape index (κ1) is 31.3. The number of rotatable bonds is 22. The van der Waals surface area contributed by atoms with E-state index >= 15 is 0 Å². The summed E-state index contributed by atoms with van der Waals surface area (Å²) >= 11 is 0. The lowest BCUT2D eigenvalue weighted by molar-refractivity contribution is 0.189. The lowest BCUT2D eigenvalue weighted by Crippen LogP contribution is -2.57. The zero-order chi connectivity index (χ0) is 23.6. The highest BCUT2D eigenvalue weighted by Crippen LogP contribution is 2.25. The van der Waals surface area contributed by atoms with Gasteiger partial charge in [-0.3, -0.25) is 0 Å². The molecule has 0 aromatic heterocycles. The Bertz CT molecular complexity index is 366. The molecule has 2 atom stereocenters. The second-order valence-corrected chi connectivity index (χ2v) is 19.4. The van der Waals surface area contributed by atoms with Gasteiger partial charge >= 0.3 is 0 Å². The van der Waals surface area contributed by atoms with Gasteiger partial charge in [0.1, 0.15) is 0 Å². The molecule has 0 radical (unpaired) electrons. The van der Waals surface area contributed by atoms with Gasteiger partial charge in [0.2, 0.25) is 16.6 Å². The van der Waals surface area contributed by atoms with Gasteiger partial charge in [-0.1, -0.05) is 117 Å². The van der Waals surface area contributed by atoms with Crippen molar-refractivity contribution in [3.05, 3.63) is 0 Å². The standard InChI is InChI=1S/C26H58O3Si2/c1-7-9-11-13-15-17-19-21-23-25(27)30(3,4)29-31(5,6)26(28)24-22-20-18-16-14-12-10-8-2/h25-28H,7-24H2,1-6H3. The smallest absolute Gasteiger partial charge is 0.202 e. The molecule has 0 fully saturated rings. The summed E-state index contributed by atoms with van der Waals surface area (Å²) in [6.07, 6.45) is 22.4. The van der Waals surface area contributed by atoms with Crippen molar-refractivity contribution in [2.75, 3.05) is 0 Å². The molecule has 0 spiro atoms. The van der Waals surface area contributed by atoms with Crippen molar-refractivity contribution in [2.24, 2.45) is 0 Å². The minimum Gasteiger partial charge on any atom is -0.452 e. The average molecular weight is 475 g/mol. The van der Waals surface area contributed by atoms with Crippen LogP contribution >= 0.6 is 0 Å². The topological polar surface area (TPSA) is 49.7 Å². The van der Waals surface area contributed by atoms with Gasteiger partial charge in [0, 0.05) is 0 Å². The Labute approximate surface area is 198 Å². The Morgan fingerprint density at radius 2 is 0.742 bits per heavy atom. The molecule has 0 amide bonds. The summed E-state index contributed by atoms with van der Waals surface area (Å²) in [7, 11) is -4.41. The van der Waals surface area contributed by atoms with Crippen LogP contribution in [-0.4, -0.2) is 38.3 Å². The molecule has 0 aromatic carbocycles. The molecule has 188 valence electrons. The molecular formula is C26H58O3Si2. The second-order valence-electron chi connectivity index (χ2n) is 10.9. The minimum absolute atomic E-state index is 0.324. The van der Waals surface area contributed by atoms with Gasteiger partial charge in [0.05, 0.1) is 11.5 Å². The Balaban J connectivity index is 4.07. The third kappa shape index (κ3) is 16.6. The summed E-state index contributed by atoms with van der Waals surface area (Å²) in [6, 6.07) is 0. The van der Waals surface area contributed by atoms with Crippen LogP contribution in [0.25, 0.3) is 0 Å². The van der Waals surface area contributed by atoms with E-state index in [2.05, 4.69) is 40.0 Å². The fourth-order valence-corrected chi connectivity index (χ4v) is 12.8. The molecule has 3 nitrogen and oxygen atoms in total. The van der Waals surface area contributed by atoms with Gasteiger partial charge in [-0.2, -0.15) is 0 Å². The molecule has 2 N–H and O–H groups in total. The maximum absolute atomic E-state index is 10.8. The van der Waals surface area contributed by atoms with Crippen LogP contribution in [0.5, 0.6) is 0 Å². The van der Waals surface area contributed by atoms with Crippen LogP contribution in [0.4, 0.5) is 0 Å². The van der Waals surface area contributed by atoms with E-state index < -0.39 is 16.6 Å². The third-order valence-electron chi connectivity index (χ3n) is 6.79. The number of hydrogen-bond donors (Lipinski definition) is 2. The normalized spacial score (nSPS) is 14.7. The van der Waals surface area contributed by atoms with E-state index in [4.69, 9.17) is 4.12 Å². The van der Waals surface area contributed by atoms with Gasteiger partial charge < -0.3 is 14.3 Å². The van der Waals surface area contributed by atoms with E-state index in [1.54, 1.807) is 0 Å². The number of aliphatic hydroxyl groups excluding tert-OH is 2. The van der Waals surface area contributed by atoms with Crippen molar-refractivity contribution < 1.29 is 14.3 Å². The molecule has 0 aliphatic rings. The molecule has 31 heavy (non-hydrogen) atoms. The first-order chi connectivity index (χ1) is 14.7. The summed E-state index contributed by atoms with van der Waals surface area (Å²) < 4.78 is 6.57. The van der Waals surface area contributed by atoms with Gasteiger partial charge in [-0.15, -0.1) is 0 Å². The highest BCUT2D eigenvalue weighted by molar-refractivity contribution is 6.86. The van der Waals surface area contributed by atoms with Crippen molar-refractivity contribution >= 4 is 16.6 Å². The minimum atomic E-state index is -2.21. The quantitative estimate of drug-likeness (QED) is 0.123. The van der Waals surface area contributed by atoms with E-state index in [0.717, 1.165) is 25.7 Å². The van der Waals surface area contributed by atoms with Gasteiger partial charge in [-0.05, 0) is 39.0 Å². The van der Waals surface area contributed by atoms with E-state index in [9.17, 15) is 10.2 Å². The Hall–Kier alpha value is 0.314. The van der Waals surface area contributed by atoms with Gasteiger partial charge in [0.25, 0.3) is 0 Å². The maximum Gasteiger partial charge on any atom is 0.202 e. The summed E-state index contributed by atoms with van der Waals surface area (Å²) in [5.41, 5.74) is -0.649. The van der Waals surface area contributed by atoms with Gasteiger partial charge in [-0.25, -0.2) is 0 Å². The molecule has 0 heterocycles. The molecule has 0 saturated carbocycles. The lowest BCUT2D eigenvalue weighted by atomic mass is 10.1. The van der Waals surface area contributed by atoms with E-state index in [1.807, 2.05) is 0 Å². The molecule has 0 saturated heterocycles. The number of hydrogen-bond acceptors (Lipinski definition) is 3. The summed E-state index contributed by atoms with van der Waals surface area (Å²) in [6.45, 7) is 13.1. The van der Waals surface area contributed by atoms with Crippen molar-refractivity contribution in [3.8, 4) is 0 Å². The van der Waals surface area contributed by atoms with Crippen LogP contribution in [0.3, 0.4) is 0 Å². The molecule has 0 bridgehead atoms. The third-order valence-corrected chi connectivity index (χ3v) is 14.8. The fourth-order valence-electron chi connectivity index (χ4n) is 4.45. The molecular weight excluding hydrogens is 416 g/mol. The predicted octanol–water partition coefficient (Wildman–Crippen LogP) is 8.28. The first-order valence-corrected chi connectivity index (χ1v) is 19.7. The van der Waals surface area contributed by atoms with Crippen LogP contribution in [-0.2, 0) is 4.12 Å². The largest absolute Gasteiger partial charge is 0.452 e. The van der Waals surface area contributed by atoms with Crippen molar-refractivity contribution in [2.45, 2.75) is 167 Å². The highest BCUT2D eigenvalue weighted by atomic mass is 28.4. The number of aliphatic hydroxyl groups is 2. The van der Waals surface area contributed by atoms with Gasteiger partial charge in [0.15, 0.2) is 0 Å². The molecule has 2 unspecified atom stereocenters. The van der Waals surface area contributed by atoms with E-state index in [-0.39, 0.29) is 11.5 Å². The second kappa shape index (κ2) is 18.7. The van der Waals surface area contributed by atoms with Crippen LogP contribution in [0.2, 0.25) is 26.2 Å². The fraction of sp³-hybridized carbons (Fsp3) is 1.00. The Morgan fingerprint density at radius 1 is 0.484 bits per heavy atom. The molecule has 0 aromatic rings. The predicted molar refractivity (Wildman–Crippen MR) is 143 cm³/mol. The summed E-state index contributed by atoms with van der Waals surface area (Å²) in [4.78, 5) is 0. The number of unbranched alkanes of at least 4 members (excludes halogenated alkanes) is 14. The SMILES string of the molecule is CCCCCCCCCCC(O)[Si](C)(C)O[Si](C)(C)C(O)CCCCCCCCCC. The highest BCUT2D eigenvalue weighted by Gasteiger charge is 2.42. The monoisotopic (exact) mass is 474 g/mol.